The fourth-order valence-electron chi connectivity index (χ4n) is 3.73. The summed E-state index contributed by atoms with van der Waals surface area (Å²) in [5.74, 6) is 0.539. The predicted molar refractivity (Wildman–Crippen MR) is 87.3 cm³/mol. The highest BCUT2D eigenvalue weighted by Gasteiger charge is 2.51. The van der Waals surface area contributed by atoms with Crippen LogP contribution in [0.25, 0.3) is 0 Å². The number of ketones is 1. The molecule has 2 aliphatic heterocycles. The van der Waals surface area contributed by atoms with Gasteiger partial charge in [0.2, 0.25) is 0 Å². The molecular formula is C17H27N3O. The van der Waals surface area contributed by atoms with E-state index in [-0.39, 0.29) is 11.3 Å². The second-order valence-corrected chi connectivity index (χ2v) is 6.23. The van der Waals surface area contributed by atoms with Crippen molar-refractivity contribution in [1.82, 2.24) is 15.1 Å². The van der Waals surface area contributed by atoms with Gasteiger partial charge in [-0.3, -0.25) is 14.6 Å². The third-order valence-corrected chi connectivity index (χ3v) is 4.43. The fourth-order valence-corrected chi connectivity index (χ4v) is 3.73. The minimum Gasteiger partial charge on any atom is -0.312 e. The lowest BCUT2D eigenvalue weighted by Crippen LogP contribution is -2.67. The maximum Gasteiger partial charge on any atom is 0.148 e. The molecule has 0 aromatic rings. The van der Waals surface area contributed by atoms with E-state index in [1.165, 1.54) is 0 Å². The smallest absolute Gasteiger partial charge is 0.148 e. The molecule has 2 bridgehead atoms. The average molecular weight is 289 g/mol. The van der Waals surface area contributed by atoms with E-state index < -0.39 is 0 Å². The van der Waals surface area contributed by atoms with Gasteiger partial charge < -0.3 is 5.32 Å². The van der Waals surface area contributed by atoms with Crippen LogP contribution in [0.3, 0.4) is 0 Å². The van der Waals surface area contributed by atoms with Crippen LogP contribution in [0.1, 0.15) is 0 Å². The number of nitrogens with one attached hydrogen (secondary N) is 1. The monoisotopic (exact) mass is 289 g/mol. The summed E-state index contributed by atoms with van der Waals surface area (Å²) in [6.07, 6.45) is 5.70. The predicted octanol–water partition coefficient (Wildman–Crippen LogP) is 0.937. The number of Topliss-reactive ketones (excluding diaryl/α,β-unsaturated/α-hetero) is 1. The van der Waals surface area contributed by atoms with Crippen LogP contribution in [-0.4, -0.2) is 67.9 Å². The van der Waals surface area contributed by atoms with E-state index >= 15 is 0 Å². The first-order chi connectivity index (χ1) is 10.1. The minimum atomic E-state index is -0.309. The number of nitrogens with zero attached hydrogens (tertiary/aromatic N) is 2. The molecule has 116 valence electrons. The van der Waals surface area contributed by atoms with Gasteiger partial charge in [-0.15, -0.1) is 19.7 Å². The van der Waals surface area contributed by atoms with Crippen molar-refractivity contribution < 1.29 is 4.79 Å². The van der Waals surface area contributed by atoms with Crippen LogP contribution < -0.4 is 5.32 Å². The number of rotatable bonds is 8. The molecule has 1 N–H and O–H groups in total. The van der Waals surface area contributed by atoms with Crippen LogP contribution in [0.2, 0.25) is 0 Å². The second-order valence-electron chi connectivity index (χ2n) is 6.23. The Hall–Kier alpha value is -1.23. The summed E-state index contributed by atoms with van der Waals surface area (Å²) in [5.41, 5.74) is -0.309. The molecule has 0 amide bonds. The van der Waals surface area contributed by atoms with E-state index in [1.807, 2.05) is 18.2 Å². The van der Waals surface area contributed by atoms with Gasteiger partial charge in [-0.1, -0.05) is 18.2 Å². The number of fused-ring (bicyclic) bond motifs is 2. The molecule has 2 rings (SSSR count). The zero-order valence-electron chi connectivity index (χ0n) is 12.9. The van der Waals surface area contributed by atoms with Crippen LogP contribution in [-0.2, 0) is 4.79 Å². The van der Waals surface area contributed by atoms with Crippen molar-refractivity contribution in [2.45, 2.75) is 0 Å². The molecule has 4 heteroatoms. The van der Waals surface area contributed by atoms with E-state index in [9.17, 15) is 4.79 Å². The standard InChI is InChI=1S/C17H27N3O/c1-4-7-18-12-17-13-19(8-5-2)10-15(16(17)21)11-20(14-17)9-6-3/h4-6,15,18H,1-3,7-14H2. The molecular weight excluding hydrogens is 262 g/mol. The Balaban J connectivity index is 2.17. The number of hydrogen-bond acceptors (Lipinski definition) is 4. The van der Waals surface area contributed by atoms with E-state index in [4.69, 9.17) is 0 Å². The highest BCUT2D eigenvalue weighted by Crippen LogP contribution is 2.35. The number of carbonyl (C=O) groups is 1. The topological polar surface area (TPSA) is 35.6 Å². The molecule has 2 saturated heterocycles. The minimum absolute atomic E-state index is 0.109. The van der Waals surface area contributed by atoms with Crippen molar-refractivity contribution in [3.8, 4) is 0 Å². The number of piperidine rings is 2. The van der Waals surface area contributed by atoms with Crippen LogP contribution in [0.5, 0.6) is 0 Å². The average Bonchev–Trinajstić information content (AvgIpc) is 2.43. The van der Waals surface area contributed by atoms with Crippen molar-refractivity contribution >= 4 is 5.78 Å². The summed E-state index contributed by atoms with van der Waals surface area (Å²) in [6.45, 7) is 17.9. The lowest BCUT2D eigenvalue weighted by atomic mass is 9.70. The van der Waals surface area contributed by atoms with E-state index in [2.05, 4.69) is 34.9 Å². The van der Waals surface area contributed by atoms with Crippen molar-refractivity contribution in [3.05, 3.63) is 38.0 Å². The molecule has 21 heavy (non-hydrogen) atoms. The van der Waals surface area contributed by atoms with Crippen molar-refractivity contribution in [2.24, 2.45) is 11.3 Å². The highest BCUT2D eigenvalue weighted by atomic mass is 16.1. The molecule has 2 aliphatic rings. The van der Waals surface area contributed by atoms with Gasteiger partial charge in [0.15, 0.2) is 0 Å². The van der Waals surface area contributed by atoms with E-state index in [0.717, 1.165) is 52.4 Å². The summed E-state index contributed by atoms with van der Waals surface area (Å²) >= 11 is 0. The Labute approximate surface area is 128 Å². The Kier molecular flexibility index (Phi) is 5.51. The van der Waals surface area contributed by atoms with Gasteiger partial charge >= 0.3 is 0 Å². The molecule has 0 saturated carbocycles. The van der Waals surface area contributed by atoms with Gasteiger partial charge in [-0.05, 0) is 0 Å². The first kappa shape index (κ1) is 16.1. The fraction of sp³-hybridized carbons (Fsp3) is 0.588. The first-order valence-corrected chi connectivity index (χ1v) is 7.67. The third kappa shape index (κ3) is 3.51. The quantitative estimate of drug-likeness (QED) is 0.533. The second kappa shape index (κ2) is 7.16. The molecule has 0 spiro atoms. The molecule has 2 fully saturated rings. The number of carbonyl (C=O) groups excluding carboxylic acids is 1. The van der Waals surface area contributed by atoms with Gasteiger partial charge in [-0.2, -0.15) is 0 Å². The van der Waals surface area contributed by atoms with E-state index in [1.54, 1.807) is 0 Å². The van der Waals surface area contributed by atoms with Gasteiger partial charge in [0.1, 0.15) is 5.78 Å². The zero-order chi connectivity index (χ0) is 15.3. The maximum atomic E-state index is 12.9. The van der Waals surface area contributed by atoms with Gasteiger partial charge in [-0.25, -0.2) is 0 Å². The molecule has 0 aromatic carbocycles. The van der Waals surface area contributed by atoms with Gasteiger partial charge in [0, 0.05) is 58.3 Å². The van der Waals surface area contributed by atoms with Crippen molar-refractivity contribution in [2.75, 3.05) is 52.4 Å². The lowest BCUT2D eigenvalue weighted by molar-refractivity contribution is -0.147. The Morgan fingerprint density at radius 1 is 1.10 bits per heavy atom. The third-order valence-electron chi connectivity index (χ3n) is 4.43. The molecule has 0 aromatic heterocycles. The SMILES string of the molecule is C=CCNCC12CN(CC=C)CC(CN(CC=C)C1)C2=O. The number of likely N-dealkylation sites (tertiary alicyclic amines) is 2. The molecule has 0 aliphatic carbocycles. The summed E-state index contributed by atoms with van der Waals surface area (Å²) in [6, 6.07) is 0. The Bertz CT molecular complexity index is 396. The first-order valence-electron chi connectivity index (χ1n) is 7.67. The molecule has 4 nitrogen and oxygen atoms in total. The highest BCUT2D eigenvalue weighted by molar-refractivity contribution is 5.90. The maximum absolute atomic E-state index is 12.9. The molecule has 0 radical (unpaired) electrons. The zero-order valence-corrected chi connectivity index (χ0v) is 12.9. The summed E-state index contributed by atoms with van der Waals surface area (Å²) in [4.78, 5) is 17.6. The lowest BCUT2D eigenvalue weighted by Gasteiger charge is -2.51. The van der Waals surface area contributed by atoms with Crippen LogP contribution in [0.4, 0.5) is 0 Å². The van der Waals surface area contributed by atoms with Gasteiger partial charge in [0.25, 0.3) is 0 Å². The molecule has 0 unspecified atom stereocenters. The van der Waals surface area contributed by atoms with E-state index in [0.29, 0.717) is 5.78 Å². The summed E-state index contributed by atoms with van der Waals surface area (Å²) in [5, 5.41) is 3.36. The number of hydrogen-bond donors (Lipinski definition) is 1. The van der Waals surface area contributed by atoms with Gasteiger partial charge in [0.05, 0.1) is 5.41 Å². The molecule has 2 heterocycles. The van der Waals surface area contributed by atoms with Crippen LogP contribution >= 0.6 is 0 Å². The Morgan fingerprint density at radius 3 is 2.14 bits per heavy atom. The largest absolute Gasteiger partial charge is 0.312 e. The Morgan fingerprint density at radius 2 is 1.67 bits per heavy atom. The van der Waals surface area contributed by atoms with Crippen LogP contribution in [0.15, 0.2) is 38.0 Å². The molecule has 0 atom stereocenters. The summed E-state index contributed by atoms with van der Waals surface area (Å²) < 4.78 is 0. The van der Waals surface area contributed by atoms with Crippen LogP contribution in [0, 0.1) is 11.3 Å². The summed E-state index contributed by atoms with van der Waals surface area (Å²) in [7, 11) is 0. The van der Waals surface area contributed by atoms with Crippen molar-refractivity contribution in [3.63, 3.8) is 0 Å². The van der Waals surface area contributed by atoms with Crippen molar-refractivity contribution in [1.29, 1.82) is 0 Å². The normalized spacial score (nSPS) is 30.1.